The lowest BCUT2D eigenvalue weighted by molar-refractivity contribution is 0.546. The number of hydrogen-bond donors (Lipinski definition) is 0. The maximum absolute atomic E-state index is 4.90. The third-order valence-electron chi connectivity index (χ3n) is 11.0. The lowest BCUT2D eigenvalue weighted by atomic mass is 9.95. The van der Waals surface area contributed by atoms with E-state index in [0.29, 0.717) is 0 Å². The van der Waals surface area contributed by atoms with Gasteiger partial charge in [0, 0.05) is 34.6 Å². The zero-order valence-corrected chi connectivity index (χ0v) is 29.9. The van der Waals surface area contributed by atoms with Crippen LogP contribution in [0, 0.1) is 0 Å². The van der Waals surface area contributed by atoms with Crippen LogP contribution >= 0.6 is 0 Å². The number of fused-ring (bicyclic) bond motifs is 4. The molecular weight excluding hydrogens is 673 g/mol. The molecule has 55 heavy (non-hydrogen) atoms. The number of amidine groups is 1. The third kappa shape index (κ3) is 5.41. The summed E-state index contributed by atoms with van der Waals surface area (Å²) in [6.45, 7) is 0.813. The number of allylic oxidation sites excluding steroid dienone is 3. The molecule has 0 saturated carbocycles. The second-order valence-corrected chi connectivity index (χ2v) is 14.3. The van der Waals surface area contributed by atoms with Crippen LogP contribution in [0.3, 0.4) is 0 Å². The highest BCUT2D eigenvalue weighted by Crippen LogP contribution is 2.44. The summed E-state index contributed by atoms with van der Waals surface area (Å²) in [5.74, 6) is 1.57. The van der Waals surface area contributed by atoms with Crippen LogP contribution in [0.2, 0.25) is 0 Å². The monoisotopic (exact) mass is 706 g/mol. The van der Waals surface area contributed by atoms with Gasteiger partial charge in [0.15, 0.2) is 5.84 Å². The van der Waals surface area contributed by atoms with Gasteiger partial charge in [-0.2, -0.15) is 0 Å². The van der Waals surface area contributed by atoms with E-state index in [1.807, 2.05) is 30.5 Å². The molecule has 0 saturated heterocycles. The highest BCUT2D eigenvalue weighted by Gasteiger charge is 2.26. The summed E-state index contributed by atoms with van der Waals surface area (Å²) in [4.78, 5) is 21.1. The van der Waals surface area contributed by atoms with Crippen molar-refractivity contribution in [2.24, 2.45) is 20.0 Å². The second-order valence-electron chi connectivity index (χ2n) is 14.3. The molecule has 4 heterocycles. The summed E-state index contributed by atoms with van der Waals surface area (Å²) in [6, 6.07) is 50.8. The minimum atomic E-state index is 0.00246. The Morgan fingerprint density at radius 1 is 0.600 bits per heavy atom. The molecule has 0 spiro atoms. The number of hydrogen-bond acceptors (Lipinski definition) is 5. The Kier molecular flexibility index (Phi) is 7.27. The Balaban J connectivity index is 1.04. The zero-order chi connectivity index (χ0) is 36.3. The molecule has 1 aromatic heterocycles. The van der Waals surface area contributed by atoms with E-state index in [1.165, 1.54) is 44.0 Å². The van der Waals surface area contributed by atoms with Gasteiger partial charge in [-0.1, -0.05) is 115 Å². The Bertz CT molecular complexity index is 2870. The van der Waals surface area contributed by atoms with Gasteiger partial charge in [0.2, 0.25) is 5.96 Å². The van der Waals surface area contributed by atoms with Crippen LogP contribution in [0.15, 0.2) is 196 Å². The summed E-state index contributed by atoms with van der Waals surface area (Å²) in [7, 11) is 0. The minimum absolute atomic E-state index is 0.00246. The first-order valence-corrected chi connectivity index (χ1v) is 18.7. The molecule has 260 valence electrons. The van der Waals surface area contributed by atoms with Gasteiger partial charge in [-0.25, -0.2) is 15.0 Å². The molecule has 6 nitrogen and oxygen atoms in total. The fourth-order valence-electron chi connectivity index (χ4n) is 8.25. The fourth-order valence-corrected chi connectivity index (χ4v) is 8.25. The van der Waals surface area contributed by atoms with Gasteiger partial charge in [-0.15, -0.1) is 0 Å². The van der Waals surface area contributed by atoms with Crippen molar-refractivity contribution < 1.29 is 0 Å². The van der Waals surface area contributed by atoms with E-state index in [4.69, 9.17) is 15.0 Å². The summed E-state index contributed by atoms with van der Waals surface area (Å²) in [6.07, 6.45) is 14.0. The van der Waals surface area contributed by atoms with Gasteiger partial charge in [0.1, 0.15) is 6.04 Å². The van der Waals surface area contributed by atoms with Crippen LogP contribution in [-0.4, -0.2) is 45.8 Å². The van der Waals surface area contributed by atoms with Crippen LogP contribution in [-0.2, 0) is 0 Å². The first-order valence-electron chi connectivity index (χ1n) is 18.7. The largest absolute Gasteiger partial charge is 0.315 e. The van der Waals surface area contributed by atoms with Crippen molar-refractivity contribution >= 4 is 45.4 Å². The Morgan fingerprint density at radius 2 is 1.36 bits per heavy atom. The summed E-state index contributed by atoms with van der Waals surface area (Å²) >= 11 is 0. The average molecular weight is 707 g/mol. The maximum Gasteiger partial charge on any atom is 0.225 e. The smallest absolute Gasteiger partial charge is 0.225 e. The molecule has 11 rings (SSSR count). The van der Waals surface area contributed by atoms with E-state index in [9.17, 15) is 0 Å². The quantitative estimate of drug-likeness (QED) is 0.170. The molecule has 0 amide bonds. The molecule has 6 heteroatoms. The number of nitrogens with zero attached hydrogens (tertiary/aromatic N) is 6. The molecule has 4 aliphatic rings. The topological polar surface area (TPSA) is 57.6 Å². The first-order chi connectivity index (χ1) is 27.2. The molecule has 3 aliphatic heterocycles. The molecular formula is C49H34N6. The van der Waals surface area contributed by atoms with Crippen LogP contribution in [0.5, 0.6) is 0 Å². The van der Waals surface area contributed by atoms with E-state index in [0.717, 1.165) is 52.1 Å². The predicted molar refractivity (Wildman–Crippen MR) is 228 cm³/mol. The molecule has 7 aromatic rings. The van der Waals surface area contributed by atoms with Gasteiger partial charge in [0.25, 0.3) is 0 Å². The zero-order valence-electron chi connectivity index (χ0n) is 29.9. The predicted octanol–water partition coefficient (Wildman–Crippen LogP) is 10.8. The van der Waals surface area contributed by atoms with E-state index in [1.54, 1.807) is 6.21 Å². The standard InChI is InChI=1S/C49H34N6/c1-3-10-34(11-4-1)46-41-29-39-28-37(32-16-18-33(19-17-32)44-31-54-27-9-26-50-49(54)53-44)20-21-38(39)30-45(41)55(47(46)35-12-5-2-6-13-35)40-24-22-36(23-25-40)48-51-42-14-7-8-15-43(42)52-48/h1-30,42,44H,31H2. The van der Waals surface area contributed by atoms with E-state index in [2.05, 4.69) is 160 Å². The summed E-state index contributed by atoms with van der Waals surface area (Å²) in [5, 5.41) is 3.59. The van der Waals surface area contributed by atoms with Crippen LogP contribution < -0.4 is 0 Å². The van der Waals surface area contributed by atoms with Crippen molar-refractivity contribution in [2.45, 2.75) is 12.1 Å². The Morgan fingerprint density at radius 3 is 2.15 bits per heavy atom. The van der Waals surface area contributed by atoms with Crippen molar-refractivity contribution in [3.05, 3.63) is 187 Å². The number of rotatable bonds is 6. The molecule has 6 aromatic carbocycles. The minimum Gasteiger partial charge on any atom is -0.315 e. The average Bonchev–Trinajstić information content (AvgIpc) is 3.98. The first kappa shape index (κ1) is 31.4. The van der Waals surface area contributed by atoms with E-state index >= 15 is 0 Å². The van der Waals surface area contributed by atoms with Crippen LogP contribution in [0.1, 0.15) is 17.2 Å². The second kappa shape index (κ2) is 12.7. The third-order valence-corrected chi connectivity index (χ3v) is 11.0. The maximum atomic E-state index is 4.90. The van der Waals surface area contributed by atoms with E-state index in [-0.39, 0.29) is 12.1 Å². The number of aliphatic imine (C=N–C) groups is 4. The van der Waals surface area contributed by atoms with Crippen molar-refractivity contribution in [2.75, 3.05) is 6.54 Å². The summed E-state index contributed by atoms with van der Waals surface area (Å²) in [5.41, 5.74) is 12.5. The highest BCUT2D eigenvalue weighted by atomic mass is 15.3. The highest BCUT2D eigenvalue weighted by molar-refractivity contribution is 6.18. The van der Waals surface area contributed by atoms with Crippen molar-refractivity contribution in [3.63, 3.8) is 0 Å². The Hall–Kier alpha value is -7.18. The molecule has 2 atom stereocenters. The molecule has 0 radical (unpaired) electrons. The lowest BCUT2D eigenvalue weighted by Gasteiger charge is -2.15. The molecule has 0 bridgehead atoms. The number of guanidine groups is 1. The van der Waals surface area contributed by atoms with E-state index < -0.39 is 0 Å². The van der Waals surface area contributed by atoms with Crippen molar-refractivity contribution in [1.29, 1.82) is 0 Å². The van der Waals surface area contributed by atoms with Gasteiger partial charge in [0.05, 0.1) is 29.5 Å². The van der Waals surface area contributed by atoms with Gasteiger partial charge < -0.3 is 9.47 Å². The summed E-state index contributed by atoms with van der Waals surface area (Å²) < 4.78 is 2.43. The van der Waals surface area contributed by atoms with Crippen LogP contribution in [0.25, 0.3) is 60.9 Å². The SMILES string of the molecule is C1=CC2=NC(c3ccc(-n4c(-c5ccccc5)c(-c5ccccc5)c5cc6cc(-c7ccc(C8CN9C=CC=NC9=N8)cc7)ccc6cc54)cc3)=NC2C=C1. The number of benzene rings is 6. The number of aromatic nitrogens is 1. The molecule has 1 aliphatic carbocycles. The lowest BCUT2D eigenvalue weighted by Crippen LogP contribution is -2.22. The van der Waals surface area contributed by atoms with Gasteiger partial charge in [-0.3, -0.25) is 4.99 Å². The molecule has 0 fully saturated rings. The van der Waals surface area contributed by atoms with Crippen molar-refractivity contribution in [1.82, 2.24) is 9.47 Å². The van der Waals surface area contributed by atoms with Crippen LogP contribution in [0.4, 0.5) is 0 Å². The molecule has 2 unspecified atom stereocenters. The normalized spacial score (nSPS) is 18.1. The molecule has 0 N–H and O–H groups in total. The van der Waals surface area contributed by atoms with Gasteiger partial charge >= 0.3 is 0 Å². The Labute approximate surface area is 318 Å². The van der Waals surface area contributed by atoms with Crippen molar-refractivity contribution in [3.8, 4) is 39.2 Å². The fraction of sp³-hybridized carbons (Fsp3) is 0.0612. The van der Waals surface area contributed by atoms with Gasteiger partial charge in [-0.05, 0) is 93.2 Å².